The maximum absolute atomic E-state index is 3.44. The van der Waals surface area contributed by atoms with E-state index < -0.39 is 0 Å². The standard InChI is InChI=1S/C14H32N2/c1-7-9-10-11-16(12(3)4)13(5)14(8-2)15-6/h12-15H,7-11H2,1-6H3. The Balaban J connectivity index is 4.27. The SMILES string of the molecule is CCCCCN(C(C)C)C(C)C(CC)NC. The predicted molar refractivity (Wildman–Crippen MR) is 74.0 cm³/mol. The lowest BCUT2D eigenvalue weighted by molar-refractivity contribution is 0.130. The summed E-state index contributed by atoms with van der Waals surface area (Å²) < 4.78 is 0. The molecule has 16 heavy (non-hydrogen) atoms. The van der Waals surface area contributed by atoms with Gasteiger partial charge in [-0.1, -0.05) is 26.7 Å². The van der Waals surface area contributed by atoms with Crippen LogP contribution in [0.3, 0.4) is 0 Å². The molecule has 0 saturated carbocycles. The smallest absolute Gasteiger partial charge is 0.0223 e. The van der Waals surface area contributed by atoms with Crippen molar-refractivity contribution in [2.45, 2.75) is 78.4 Å². The van der Waals surface area contributed by atoms with E-state index in [1.165, 1.54) is 32.2 Å². The fourth-order valence-electron chi connectivity index (χ4n) is 2.49. The molecule has 0 amide bonds. The van der Waals surface area contributed by atoms with Crippen LogP contribution in [0.2, 0.25) is 0 Å². The number of rotatable bonds is 9. The lowest BCUT2D eigenvalue weighted by atomic mass is 10.0. The average molecular weight is 228 g/mol. The van der Waals surface area contributed by atoms with Crippen LogP contribution in [-0.4, -0.2) is 36.6 Å². The van der Waals surface area contributed by atoms with Crippen LogP contribution in [0.4, 0.5) is 0 Å². The Morgan fingerprint density at radius 2 is 1.69 bits per heavy atom. The molecule has 0 aliphatic rings. The molecule has 2 unspecified atom stereocenters. The molecule has 0 spiro atoms. The molecule has 0 rings (SSSR count). The molecule has 0 aromatic carbocycles. The summed E-state index contributed by atoms with van der Waals surface area (Å²) in [6.07, 6.45) is 5.20. The molecule has 0 heterocycles. The van der Waals surface area contributed by atoms with E-state index in [1.54, 1.807) is 0 Å². The van der Waals surface area contributed by atoms with Gasteiger partial charge in [-0.3, -0.25) is 4.90 Å². The Morgan fingerprint density at radius 1 is 1.06 bits per heavy atom. The van der Waals surface area contributed by atoms with Crippen LogP contribution in [0.5, 0.6) is 0 Å². The molecule has 2 atom stereocenters. The number of hydrogen-bond donors (Lipinski definition) is 1. The van der Waals surface area contributed by atoms with Crippen LogP contribution in [0.1, 0.15) is 60.3 Å². The summed E-state index contributed by atoms with van der Waals surface area (Å²) in [5, 5.41) is 3.44. The number of unbranched alkanes of at least 4 members (excludes halogenated alkanes) is 2. The van der Waals surface area contributed by atoms with Gasteiger partial charge >= 0.3 is 0 Å². The molecule has 0 aromatic rings. The van der Waals surface area contributed by atoms with Gasteiger partial charge in [0.2, 0.25) is 0 Å². The Hall–Kier alpha value is -0.0800. The molecule has 2 nitrogen and oxygen atoms in total. The third kappa shape index (κ3) is 5.31. The minimum absolute atomic E-state index is 0.615. The Morgan fingerprint density at radius 3 is 2.06 bits per heavy atom. The van der Waals surface area contributed by atoms with E-state index in [1.807, 2.05) is 0 Å². The summed E-state index contributed by atoms with van der Waals surface area (Å²) in [6, 6.07) is 1.89. The zero-order valence-electron chi connectivity index (χ0n) is 12.2. The van der Waals surface area contributed by atoms with Crippen molar-refractivity contribution in [2.75, 3.05) is 13.6 Å². The Labute approximate surface area is 103 Å². The van der Waals surface area contributed by atoms with Gasteiger partial charge in [-0.2, -0.15) is 0 Å². The normalized spacial score (nSPS) is 15.8. The second-order valence-electron chi connectivity index (χ2n) is 5.08. The number of nitrogens with zero attached hydrogens (tertiary/aromatic N) is 1. The van der Waals surface area contributed by atoms with Crippen molar-refractivity contribution in [3.8, 4) is 0 Å². The third-order valence-corrected chi connectivity index (χ3v) is 3.60. The maximum Gasteiger partial charge on any atom is 0.0223 e. The second kappa shape index (κ2) is 9.00. The van der Waals surface area contributed by atoms with E-state index in [-0.39, 0.29) is 0 Å². The van der Waals surface area contributed by atoms with Crippen LogP contribution in [0, 0.1) is 0 Å². The number of nitrogens with one attached hydrogen (secondary N) is 1. The second-order valence-corrected chi connectivity index (χ2v) is 5.08. The first-order valence-electron chi connectivity index (χ1n) is 7.01. The van der Waals surface area contributed by atoms with Crippen LogP contribution in [0.15, 0.2) is 0 Å². The van der Waals surface area contributed by atoms with E-state index >= 15 is 0 Å². The van der Waals surface area contributed by atoms with Crippen LogP contribution >= 0.6 is 0 Å². The quantitative estimate of drug-likeness (QED) is 0.609. The van der Waals surface area contributed by atoms with Gasteiger partial charge in [0.05, 0.1) is 0 Å². The van der Waals surface area contributed by atoms with Gasteiger partial charge < -0.3 is 5.32 Å². The summed E-state index contributed by atoms with van der Waals surface area (Å²) in [4.78, 5) is 2.64. The van der Waals surface area contributed by atoms with Gasteiger partial charge in [0.15, 0.2) is 0 Å². The Bertz CT molecular complexity index is 153. The molecule has 1 N–H and O–H groups in total. The molecular formula is C14H32N2. The van der Waals surface area contributed by atoms with E-state index in [0.717, 1.165) is 0 Å². The van der Waals surface area contributed by atoms with E-state index in [0.29, 0.717) is 18.1 Å². The Kier molecular flexibility index (Phi) is 8.96. The molecule has 0 aliphatic heterocycles. The lowest BCUT2D eigenvalue weighted by Crippen LogP contribution is -2.50. The van der Waals surface area contributed by atoms with Gasteiger partial charge in [-0.15, -0.1) is 0 Å². The van der Waals surface area contributed by atoms with Crippen molar-refractivity contribution in [3.63, 3.8) is 0 Å². The molecule has 0 saturated heterocycles. The van der Waals surface area contributed by atoms with Crippen molar-refractivity contribution in [3.05, 3.63) is 0 Å². The first-order chi connectivity index (χ1) is 7.58. The highest BCUT2D eigenvalue weighted by atomic mass is 15.2. The van der Waals surface area contributed by atoms with Crippen molar-refractivity contribution in [1.29, 1.82) is 0 Å². The minimum Gasteiger partial charge on any atom is -0.315 e. The molecule has 2 heteroatoms. The highest BCUT2D eigenvalue weighted by molar-refractivity contribution is 4.81. The van der Waals surface area contributed by atoms with E-state index in [2.05, 4.69) is 51.9 Å². The van der Waals surface area contributed by atoms with Crippen LogP contribution in [-0.2, 0) is 0 Å². The molecule has 0 fully saturated rings. The minimum atomic E-state index is 0.615. The van der Waals surface area contributed by atoms with E-state index in [4.69, 9.17) is 0 Å². The summed E-state index contributed by atoms with van der Waals surface area (Å²) >= 11 is 0. The maximum atomic E-state index is 3.44. The predicted octanol–water partition coefficient (Wildman–Crippen LogP) is 3.27. The first-order valence-corrected chi connectivity index (χ1v) is 7.01. The molecule has 0 aliphatic carbocycles. The third-order valence-electron chi connectivity index (χ3n) is 3.60. The number of hydrogen-bond acceptors (Lipinski definition) is 2. The van der Waals surface area contributed by atoms with Crippen molar-refractivity contribution in [1.82, 2.24) is 10.2 Å². The van der Waals surface area contributed by atoms with Crippen LogP contribution < -0.4 is 5.32 Å². The number of likely N-dealkylation sites (N-methyl/N-ethyl adjacent to an activating group) is 1. The van der Waals surface area contributed by atoms with Gasteiger partial charge in [-0.25, -0.2) is 0 Å². The highest BCUT2D eigenvalue weighted by Crippen LogP contribution is 2.13. The summed E-state index contributed by atoms with van der Waals surface area (Å²) in [5.74, 6) is 0. The van der Waals surface area contributed by atoms with Gasteiger partial charge in [0, 0.05) is 18.1 Å². The molecule has 0 radical (unpaired) electrons. The van der Waals surface area contributed by atoms with Gasteiger partial charge in [0.25, 0.3) is 0 Å². The van der Waals surface area contributed by atoms with Gasteiger partial charge in [0.1, 0.15) is 0 Å². The molecule has 0 aromatic heterocycles. The van der Waals surface area contributed by atoms with Gasteiger partial charge in [-0.05, 0) is 47.2 Å². The zero-order chi connectivity index (χ0) is 12.6. The monoisotopic (exact) mass is 228 g/mol. The first kappa shape index (κ1) is 15.9. The topological polar surface area (TPSA) is 15.3 Å². The fourth-order valence-corrected chi connectivity index (χ4v) is 2.49. The lowest BCUT2D eigenvalue weighted by Gasteiger charge is -2.37. The zero-order valence-corrected chi connectivity index (χ0v) is 12.2. The molecule has 0 bridgehead atoms. The summed E-state index contributed by atoms with van der Waals surface area (Å²) in [6.45, 7) is 12.8. The highest BCUT2D eigenvalue weighted by Gasteiger charge is 2.22. The van der Waals surface area contributed by atoms with Crippen LogP contribution in [0.25, 0.3) is 0 Å². The molecule has 98 valence electrons. The van der Waals surface area contributed by atoms with Crippen molar-refractivity contribution >= 4 is 0 Å². The van der Waals surface area contributed by atoms with Crippen molar-refractivity contribution < 1.29 is 0 Å². The fraction of sp³-hybridized carbons (Fsp3) is 1.00. The van der Waals surface area contributed by atoms with E-state index in [9.17, 15) is 0 Å². The largest absolute Gasteiger partial charge is 0.315 e. The summed E-state index contributed by atoms with van der Waals surface area (Å²) in [7, 11) is 2.08. The summed E-state index contributed by atoms with van der Waals surface area (Å²) in [5.41, 5.74) is 0. The molecular weight excluding hydrogens is 196 g/mol. The van der Waals surface area contributed by atoms with Crippen molar-refractivity contribution in [2.24, 2.45) is 0 Å². The average Bonchev–Trinajstić information content (AvgIpc) is 2.25.